The van der Waals surface area contributed by atoms with Gasteiger partial charge in [0.25, 0.3) is 0 Å². The van der Waals surface area contributed by atoms with Crippen molar-refractivity contribution in [3.05, 3.63) is 88.1 Å². The van der Waals surface area contributed by atoms with E-state index in [0.717, 1.165) is 38.9 Å². The molecular formula is C23H15ClN4O. The standard InChI is InChI=1S/C23H15ClN4O/c1-13-4-7-26-22-16(13)9-15(10-19(22)24)17-11-18-20(29)5-8-27-23(18)28-21(17)14-3-2-6-25-12-14/h2-12H,1H3,(H,27,28,29). The number of benzene rings is 1. The van der Waals surface area contributed by atoms with E-state index in [9.17, 15) is 4.79 Å². The number of nitrogens with zero attached hydrogens (tertiary/aromatic N) is 3. The Morgan fingerprint density at radius 1 is 1.00 bits per heavy atom. The normalized spacial score (nSPS) is 11.2. The van der Waals surface area contributed by atoms with E-state index in [-0.39, 0.29) is 5.43 Å². The summed E-state index contributed by atoms with van der Waals surface area (Å²) >= 11 is 6.57. The number of halogens is 1. The fraction of sp³-hybridized carbons (Fsp3) is 0.0435. The topological polar surface area (TPSA) is 71.5 Å². The Bertz CT molecular complexity index is 1440. The van der Waals surface area contributed by atoms with Crippen molar-refractivity contribution in [2.45, 2.75) is 6.92 Å². The summed E-state index contributed by atoms with van der Waals surface area (Å²) in [6, 6.07) is 13.0. The van der Waals surface area contributed by atoms with E-state index in [0.29, 0.717) is 16.1 Å². The van der Waals surface area contributed by atoms with E-state index in [1.165, 1.54) is 6.07 Å². The van der Waals surface area contributed by atoms with E-state index in [2.05, 4.69) is 15.0 Å². The van der Waals surface area contributed by atoms with Crippen molar-refractivity contribution in [3.8, 4) is 22.4 Å². The minimum absolute atomic E-state index is 0.0880. The Morgan fingerprint density at radius 2 is 1.90 bits per heavy atom. The first-order chi connectivity index (χ1) is 14.1. The van der Waals surface area contributed by atoms with E-state index < -0.39 is 0 Å². The van der Waals surface area contributed by atoms with Crippen molar-refractivity contribution < 1.29 is 0 Å². The van der Waals surface area contributed by atoms with E-state index in [4.69, 9.17) is 16.6 Å². The van der Waals surface area contributed by atoms with Crippen LogP contribution in [-0.4, -0.2) is 19.9 Å². The molecule has 0 atom stereocenters. The Morgan fingerprint density at radius 3 is 2.72 bits per heavy atom. The summed E-state index contributed by atoms with van der Waals surface area (Å²) in [6.45, 7) is 2.02. The maximum atomic E-state index is 12.4. The van der Waals surface area contributed by atoms with E-state index in [1.807, 2.05) is 43.3 Å². The number of nitrogens with one attached hydrogen (secondary N) is 1. The summed E-state index contributed by atoms with van der Waals surface area (Å²) in [5.41, 5.74) is 5.54. The van der Waals surface area contributed by atoms with Crippen LogP contribution in [0.1, 0.15) is 5.56 Å². The number of hydrogen-bond donors (Lipinski definition) is 1. The number of rotatable bonds is 2. The van der Waals surface area contributed by atoms with Gasteiger partial charge in [0.1, 0.15) is 5.65 Å². The van der Waals surface area contributed by atoms with Gasteiger partial charge in [-0.3, -0.25) is 14.8 Å². The predicted octanol–water partition coefficient (Wildman–Crippen LogP) is 5.16. The number of aromatic nitrogens is 4. The lowest BCUT2D eigenvalue weighted by Gasteiger charge is -2.13. The van der Waals surface area contributed by atoms with Crippen molar-refractivity contribution in [3.63, 3.8) is 0 Å². The Balaban J connectivity index is 1.89. The second-order valence-corrected chi connectivity index (χ2v) is 7.25. The molecule has 0 aliphatic rings. The molecular weight excluding hydrogens is 384 g/mol. The summed E-state index contributed by atoms with van der Waals surface area (Å²) in [4.78, 5) is 28.9. The summed E-state index contributed by atoms with van der Waals surface area (Å²) in [5, 5.41) is 2.05. The monoisotopic (exact) mass is 398 g/mol. The molecule has 5 aromatic rings. The first kappa shape index (κ1) is 17.5. The third kappa shape index (κ3) is 2.96. The highest BCUT2D eigenvalue weighted by Gasteiger charge is 2.15. The highest BCUT2D eigenvalue weighted by Crippen LogP contribution is 2.36. The van der Waals surface area contributed by atoms with Gasteiger partial charge in [0.15, 0.2) is 5.43 Å². The highest BCUT2D eigenvalue weighted by atomic mass is 35.5. The molecule has 6 heteroatoms. The van der Waals surface area contributed by atoms with Crippen molar-refractivity contribution in [1.82, 2.24) is 19.9 Å². The summed E-state index contributed by atoms with van der Waals surface area (Å²) in [6.07, 6.45) is 6.83. The Labute approximate surface area is 171 Å². The molecule has 0 amide bonds. The van der Waals surface area contributed by atoms with Gasteiger partial charge >= 0.3 is 0 Å². The van der Waals surface area contributed by atoms with Crippen molar-refractivity contribution in [2.24, 2.45) is 0 Å². The first-order valence-corrected chi connectivity index (χ1v) is 9.48. The molecule has 0 bridgehead atoms. The van der Waals surface area contributed by atoms with Gasteiger partial charge in [-0.15, -0.1) is 0 Å². The fourth-order valence-corrected chi connectivity index (χ4v) is 3.81. The van der Waals surface area contributed by atoms with Crippen LogP contribution >= 0.6 is 11.6 Å². The Kier molecular flexibility index (Phi) is 4.11. The number of fused-ring (bicyclic) bond motifs is 2. The number of hydrogen-bond acceptors (Lipinski definition) is 4. The molecule has 5 nitrogen and oxygen atoms in total. The molecule has 1 aromatic carbocycles. The average molecular weight is 399 g/mol. The summed E-state index contributed by atoms with van der Waals surface area (Å²) in [7, 11) is 0. The third-order valence-electron chi connectivity index (χ3n) is 5.01. The molecule has 4 heterocycles. The number of aryl methyl sites for hydroxylation is 1. The molecule has 0 radical (unpaired) electrons. The zero-order valence-corrected chi connectivity index (χ0v) is 16.2. The zero-order valence-electron chi connectivity index (χ0n) is 15.5. The summed E-state index contributed by atoms with van der Waals surface area (Å²) < 4.78 is 0. The van der Waals surface area contributed by atoms with Crippen LogP contribution in [0.25, 0.3) is 44.3 Å². The second-order valence-electron chi connectivity index (χ2n) is 6.85. The molecule has 0 fully saturated rings. The molecule has 0 spiro atoms. The Hall–Kier alpha value is -3.57. The maximum absolute atomic E-state index is 12.4. The van der Waals surface area contributed by atoms with E-state index >= 15 is 0 Å². The number of H-pyrrole nitrogens is 1. The van der Waals surface area contributed by atoms with Crippen LogP contribution in [-0.2, 0) is 0 Å². The molecule has 0 aliphatic heterocycles. The predicted molar refractivity (Wildman–Crippen MR) is 116 cm³/mol. The minimum atomic E-state index is -0.0880. The van der Waals surface area contributed by atoms with Gasteiger partial charge in [-0.05, 0) is 54.4 Å². The summed E-state index contributed by atoms with van der Waals surface area (Å²) in [5.74, 6) is 0. The highest BCUT2D eigenvalue weighted by molar-refractivity contribution is 6.35. The molecule has 29 heavy (non-hydrogen) atoms. The molecule has 0 saturated carbocycles. The largest absolute Gasteiger partial charge is 0.346 e. The molecule has 0 unspecified atom stereocenters. The van der Waals surface area contributed by atoms with Gasteiger partial charge in [0.05, 0.1) is 21.6 Å². The average Bonchev–Trinajstić information content (AvgIpc) is 2.74. The molecule has 1 N–H and O–H groups in total. The lowest BCUT2D eigenvalue weighted by atomic mass is 9.96. The van der Waals surface area contributed by atoms with Crippen LogP contribution in [0, 0.1) is 6.92 Å². The van der Waals surface area contributed by atoms with Crippen LogP contribution in [0.5, 0.6) is 0 Å². The van der Waals surface area contributed by atoms with Gasteiger partial charge in [0.2, 0.25) is 0 Å². The molecule has 4 aromatic heterocycles. The van der Waals surface area contributed by atoms with Crippen LogP contribution in [0.4, 0.5) is 0 Å². The van der Waals surface area contributed by atoms with Crippen molar-refractivity contribution in [2.75, 3.05) is 0 Å². The maximum Gasteiger partial charge on any atom is 0.191 e. The van der Waals surface area contributed by atoms with E-state index in [1.54, 1.807) is 24.8 Å². The third-order valence-corrected chi connectivity index (χ3v) is 5.29. The van der Waals surface area contributed by atoms with Crippen LogP contribution in [0.3, 0.4) is 0 Å². The molecule has 140 valence electrons. The second kappa shape index (κ2) is 6.79. The lowest BCUT2D eigenvalue weighted by Crippen LogP contribution is -2.03. The quantitative estimate of drug-likeness (QED) is 0.445. The fourth-order valence-electron chi connectivity index (χ4n) is 3.54. The molecule has 5 rings (SSSR count). The van der Waals surface area contributed by atoms with Crippen LogP contribution < -0.4 is 5.43 Å². The van der Waals surface area contributed by atoms with Gasteiger partial charge in [-0.2, -0.15) is 0 Å². The van der Waals surface area contributed by atoms with Gasteiger partial charge in [0, 0.05) is 47.4 Å². The van der Waals surface area contributed by atoms with Crippen molar-refractivity contribution >= 4 is 33.5 Å². The number of aromatic amines is 1. The van der Waals surface area contributed by atoms with Gasteiger partial charge in [-0.1, -0.05) is 11.6 Å². The van der Waals surface area contributed by atoms with Crippen molar-refractivity contribution in [1.29, 1.82) is 0 Å². The lowest BCUT2D eigenvalue weighted by molar-refractivity contribution is 1.26. The smallest absolute Gasteiger partial charge is 0.191 e. The first-order valence-electron chi connectivity index (χ1n) is 9.10. The number of pyridine rings is 4. The minimum Gasteiger partial charge on any atom is -0.346 e. The molecule has 0 saturated heterocycles. The van der Waals surface area contributed by atoms with Gasteiger partial charge in [-0.25, -0.2) is 4.98 Å². The zero-order chi connectivity index (χ0) is 20.0. The SMILES string of the molecule is Cc1ccnc2c(Cl)cc(-c3cc4c(=O)cc[nH]c4nc3-c3cccnc3)cc12. The molecule has 0 aliphatic carbocycles. The van der Waals surface area contributed by atoms with Gasteiger partial charge < -0.3 is 4.98 Å². The van der Waals surface area contributed by atoms with Crippen LogP contribution in [0.2, 0.25) is 5.02 Å². The van der Waals surface area contributed by atoms with Crippen LogP contribution in [0.15, 0.2) is 72.0 Å².